The summed E-state index contributed by atoms with van der Waals surface area (Å²) in [6.07, 6.45) is 0.672. The topological polar surface area (TPSA) is 53.1 Å². The molecule has 4 rings (SSSR count). The number of carbonyl (C=O) groups excluding carboxylic acids is 2. The number of nitrogens with zero attached hydrogens (tertiary/aromatic N) is 3. The van der Waals surface area contributed by atoms with Crippen LogP contribution in [-0.4, -0.2) is 60.9 Å². The molecule has 0 radical (unpaired) electrons. The fraction of sp³-hybridized carbons (Fsp3) is 0.440. The van der Waals surface area contributed by atoms with Crippen molar-refractivity contribution in [2.24, 2.45) is 5.92 Å². The van der Waals surface area contributed by atoms with Gasteiger partial charge in [-0.05, 0) is 36.1 Å². The first-order valence-corrected chi connectivity index (χ1v) is 11.0. The van der Waals surface area contributed by atoms with Crippen LogP contribution in [0, 0.1) is 5.92 Å². The number of anilines is 1. The van der Waals surface area contributed by atoms with E-state index in [1.165, 1.54) is 0 Å². The van der Waals surface area contributed by atoms with Crippen molar-refractivity contribution in [3.05, 3.63) is 59.7 Å². The van der Waals surface area contributed by atoms with Gasteiger partial charge in [-0.1, -0.05) is 44.2 Å². The van der Waals surface area contributed by atoms with Gasteiger partial charge in [-0.25, -0.2) is 0 Å². The lowest BCUT2D eigenvalue weighted by atomic mass is 10.0. The molecule has 0 bridgehead atoms. The molecule has 31 heavy (non-hydrogen) atoms. The van der Waals surface area contributed by atoms with E-state index in [0.717, 1.165) is 35.7 Å². The van der Waals surface area contributed by atoms with Gasteiger partial charge in [0.25, 0.3) is 5.91 Å². The Bertz CT molecular complexity index is 951. The fourth-order valence-electron chi connectivity index (χ4n) is 4.61. The molecule has 1 saturated heterocycles. The number of ether oxygens (including phenoxy) is 1. The zero-order valence-corrected chi connectivity index (χ0v) is 18.6. The van der Waals surface area contributed by atoms with Crippen molar-refractivity contribution in [1.82, 2.24) is 9.80 Å². The molecule has 2 aromatic rings. The molecule has 2 heterocycles. The van der Waals surface area contributed by atoms with Crippen LogP contribution in [0.2, 0.25) is 0 Å². The van der Waals surface area contributed by atoms with Crippen LogP contribution in [0.25, 0.3) is 0 Å². The van der Waals surface area contributed by atoms with Gasteiger partial charge in [0.1, 0.15) is 11.8 Å². The molecule has 6 heteroatoms. The second-order valence-corrected chi connectivity index (χ2v) is 8.72. The van der Waals surface area contributed by atoms with E-state index in [4.69, 9.17) is 4.74 Å². The van der Waals surface area contributed by atoms with Crippen LogP contribution in [0.15, 0.2) is 48.5 Å². The first-order chi connectivity index (χ1) is 15.0. The van der Waals surface area contributed by atoms with Crippen molar-refractivity contribution >= 4 is 17.5 Å². The number of piperazine rings is 1. The van der Waals surface area contributed by atoms with Gasteiger partial charge in [-0.3, -0.25) is 9.59 Å². The minimum atomic E-state index is -0.419. The van der Waals surface area contributed by atoms with Gasteiger partial charge in [-0.15, -0.1) is 0 Å². The molecule has 0 saturated carbocycles. The highest BCUT2D eigenvalue weighted by Gasteiger charge is 2.39. The third-order valence-corrected chi connectivity index (χ3v) is 6.22. The lowest BCUT2D eigenvalue weighted by Gasteiger charge is -2.39. The summed E-state index contributed by atoms with van der Waals surface area (Å²) in [7, 11) is 1.68. The Kier molecular flexibility index (Phi) is 6.16. The third kappa shape index (κ3) is 4.24. The predicted molar refractivity (Wildman–Crippen MR) is 121 cm³/mol. The van der Waals surface area contributed by atoms with Gasteiger partial charge in [0.15, 0.2) is 0 Å². The van der Waals surface area contributed by atoms with Crippen molar-refractivity contribution in [3.8, 4) is 5.75 Å². The lowest BCUT2D eigenvalue weighted by Crippen LogP contribution is -2.55. The number of methoxy groups -OCH3 is 1. The molecule has 2 aromatic carbocycles. The van der Waals surface area contributed by atoms with Crippen molar-refractivity contribution in [2.45, 2.75) is 32.9 Å². The van der Waals surface area contributed by atoms with E-state index in [-0.39, 0.29) is 11.8 Å². The van der Waals surface area contributed by atoms with Crippen LogP contribution >= 0.6 is 0 Å². The molecule has 0 aromatic heterocycles. The summed E-state index contributed by atoms with van der Waals surface area (Å²) in [5.74, 6) is 1.21. The summed E-state index contributed by atoms with van der Waals surface area (Å²) in [5.41, 5.74) is 2.79. The van der Waals surface area contributed by atoms with Crippen molar-refractivity contribution < 1.29 is 14.3 Å². The van der Waals surface area contributed by atoms with Gasteiger partial charge in [0.05, 0.1) is 12.8 Å². The Morgan fingerprint density at radius 2 is 1.68 bits per heavy atom. The van der Waals surface area contributed by atoms with Crippen LogP contribution in [0.3, 0.4) is 0 Å². The molecule has 2 aliphatic heterocycles. The highest BCUT2D eigenvalue weighted by molar-refractivity contribution is 6.01. The summed E-state index contributed by atoms with van der Waals surface area (Å²) < 4.78 is 5.50. The van der Waals surface area contributed by atoms with Crippen LogP contribution in [-0.2, 0) is 11.3 Å². The van der Waals surface area contributed by atoms with E-state index < -0.39 is 6.04 Å². The van der Waals surface area contributed by atoms with Crippen LogP contribution < -0.4 is 9.64 Å². The second-order valence-electron chi connectivity index (χ2n) is 8.72. The van der Waals surface area contributed by atoms with E-state index in [9.17, 15) is 9.59 Å². The molecule has 6 nitrogen and oxygen atoms in total. The maximum Gasteiger partial charge on any atom is 0.255 e. The molecular weight excluding hydrogens is 390 g/mol. The SMILES string of the molecule is COc1ccccc1N1CCN(C(=O)[C@@H](CC(C)C)N2Cc3ccccc3C2=O)CC1. The smallest absolute Gasteiger partial charge is 0.255 e. The number of rotatable bonds is 6. The first-order valence-electron chi connectivity index (χ1n) is 11.0. The quantitative estimate of drug-likeness (QED) is 0.717. The lowest BCUT2D eigenvalue weighted by molar-refractivity contribution is -0.137. The van der Waals surface area contributed by atoms with E-state index >= 15 is 0 Å². The number of benzene rings is 2. The van der Waals surface area contributed by atoms with E-state index in [0.29, 0.717) is 32.0 Å². The standard InChI is InChI=1S/C25H31N3O3/c1-18(2)16-22(28-17-19-8-4-5-9-20(19)24(28)29)25(30)27-14-12-26(13-15-27)21-10-6-7-11-23(21)31-3/h4-11,18,22H,12-17H2,1-3H3/t22-/m1/s1. The van der Waals surface area contributed by atoms with Gasteiger partial charge >= 0.3 is 0 Å². The summed E-state index contributed by atoms with van der Waals surface area (Å²) in [4.78, 5) is 32.6. The maximum absolute atomic E-state index is 13.6. The van der Waals surface area contributed by atoms with Gasteiger partial charge in [0, 0.05) is 38.3 Å². The Labute approximate surface area is 184 Å². The number of para-hydroxylation sites is 2. The molecule has 2 amide bonds. The van der Waals surface area contributed by atoms with Crippen molar-refractivity contribution in [2.75, 3.05) is 38.2 Å². The summed E-state index contributed by atoms with van der Waals surface area (Å²) in [5, 5.41) is 0. The molecule has 0 aliphatic carbocycles. The van der Waals surface area contributed by atoms with Gasteiger partial charge in [0.2, 0.25) is 5.91 Å². The Morgan fingerprint density at radius 3 is 2.35 bits per heavy atom. The molecule has 0 N–H and O–H groups in total. The average Bonchev–Trinajstić information content (AvgIpc) is 3.13. The molecule has 1 atom stereocenters. The van der Waals surface area contributed by atoms with Crippen LogP contribution in [0.5, 0.6) is 5.75 Å². The van der Waals surface area contributed by atoms with E-state index in [2.05, 4.69) is 24.8 Å². The molecular formula is C25H31N3O3. The van der Waals surface area contributed by atoms with E-state index in [1.807, 2.05) is 47.4 Å². The molecule has 0 unspecified atom stereocenters. The normalized spacial score (nSPS) is 17.2. The van der Waals surface area contributed by atoms with Crippen molar-refractivity contribution in [3.63, 3.8) is 0 Å². The van der Waals surface area contributed by atoms with Crippen LogP contribution in [0.4, 0.5) is 5.69 Å². The highest BCUT2D eigenvalue weighted by Crippen LogP contribution is 2.30. The summed E-state index contributed by atoms with van der Waals surface area (Å²) in [6.45, 7) is 7.49. The Balaban J connectivity index is 1.47. The number of hydrogen-bond acceptors (Lipinski definition) is 4. The Hall–Kier alpha value is -3.02. The zero-order chi connectivity index (χ0) is 22.0. The number of amides is 2. The molecule has 1 fully saturated rings. The van der Waals surface area contributed by atoms with Crippen LogP contribution in [0.1, 0.15) is 36.2 Å². The summed E-state index contributed by atoms with van der Waals surface area (Å²) >= 11 is 0. The highest BCUT2D eigenvalue weighted by atomic mass is 16.5. The number of carbonyl (C=O) groups is 2. The first kappa shape index (κ1) is 21.2. The minimum Gasteiger partial charge on any atom is -0.495 e. The van der Waals surface area contributed by atoms with Gasteiger partial charge < -0.3 is 19.4 Å². The molecule has 2 aliphatic rings. The van der Waals surface area contributed by atoms with Gasteiger partial charge in [-0.2, -0.15) is 0 Å². The average molecular weight is 422 g/mol. The number of fused-ring (bicyclic) bond motifs is 1. The molecule has 164 valence electrons. The Morgan fingerprint density at radius 1 is 1.00 bits per heavy atom. The second kappa shape index (κ2) is 9.00. The largest absolute Gasteiger partial charge is 0.495 e. The third-order valence-electron chi connectivity index (χ3n) is 6.22. The predicted octanol–water partition coefficient (Wildman–Crippen LogP) is 3.41. The van der Waals surface area contributed by atoms with E-state index in [1.54, 1.807) is 12.0 Å². The number of hydrogen-bond donors (Lipinski definition) is 0. The minimum absolute atomic E-state index is 0.0257. The summed E-state index contributed by atoms with van der Waals surface area (Å²) in [6, 6.07) is 15.2. The fourth-order valence-corrected chi connectivity index (χ4v) is 4.61. The maximum atomic E-state index is 13.6. The zero-order valence-electron chi connectivity index (χ0n) is 18.6. The monoisotopic (exact) mass is 421 g/mol. The van der Waals surface area contributed by atoms with Crippen molar-refractivity contribution in [1.29, 1.82) is 0 Å². The molecule has 0 spiro atoms.